The maximum absolute atomic E-state index is 13.2. The topological polar surface area (TPSA) is 74.8 Å². The number of hydrogen-bond donors (Lipinski definition) is 2. The second-order valence-electron chi connectivity index (χ2n) is 5.61. The van der Waals surface area contributed by atoms with E-state index in [9.17, 15) is 18.4 Å². The number of amides is 1. The van der Waals surface area contributed by atoms with Gasteiger partial charge < -0.3 is 10.3 Å². The molecule has 0 radical (unpaired) electrons. The van der Waals surface area contributed by atoms with E-state index in [0.717, 1.165) is 12.1 Å². The fraction of sp³-hybridized carbons (Fsp3) is 0.167. The van der Waals surface area contributed by atoms with Crippen molar-refractivity contribution in [3.8, 4) is 0 Å². The molecule has 134 valence electrons. The Morgan fingerprint density at radius 1 is 1.15 bits per heavy atom. The van der Waals surface area contributed by atoms with Crippen molar-refractivity contribution in [1.82, 2.24) is 9.97 Å². The van der Waals surface area contributed by atoms with Gasteiger partial charge in [0.2, 0.25) is 5.91 Å². The van der Waals surface area contributed by atoms with Crippen molar-refractivity contribution in [3.63, 3.8) is 0 Å². The Morgan fingerprint density at radius 3 is 2.54 bits per heavy atom. The number of rotatable bonds is 6. The van der Waals surface area contributed by atoms with Gasteiger partial charge >= 0.3 is 0 Å². The van der Waals surface area contributed by atoms with Crippen molar-refractivity contribution in [2.75, 3.05) is 11.1 Å². The van der Waals surface area contributed by atoms with Gasteiger partial charge in [0.1, 0.15) is 0 Å². The molecule has 0 aliphatic rings. The zero-order valence-corrected chi connectivity index (χ0v) is 14.6. The Morgan fingerprint density at radius 2 is 1.85 bits per heavy atom. The zero-order valence-electron chi connectivity index (χ0n) is 13.8. The molecule has 0 saturated carbocycles. The number of fused-ring (bicyclic) bond motifs is 1. The van der Waals surface area contributed by atoms with Crippen molar-refractivity contribution in [3.05, 3.63) is 53.6 Å². The Labute approximate surface area is 152 Å². The van der Waals surface area contributed by atoms with E-state index in [1.807, 2.05) is 0 Å². The molecule has 8 heteroatoms. The van der Waals surface area contributed by atoms with Gasteiger partial charge in [-0.2, -0.15) is 0 Å². The highest BCUT2D eigenvalue weighted by Gasteiger charge is 2.10. The molecule has 0 unspecified atom stereocenters. The number of hydrogen-bond acceptors (Lipinski definition) is 4. The minimum atomic E-state index is -0.948. The molecular weight excluding hydrogens is 360 g/mol. The third kappa shape index (κ3) is 4.26. The first kappa shape index (κ1) is 18.1. The van der Waals surface area contributed by atoms with Crippen molar-refractivity contribution in [2.24, 2.45) is 0 Å². The summed E-state index contributed by atoms with van der Waals surface area (Å²) >= 11 is 1.29. The van der Waals surface area contributed by atoms with Crippen LogP contribution >= 0.6 is 11.8 Å². The van der Waals surface area contributed by atoms with Crippen LogP contribution in [-0.2, 0) is 4.79 Å². The third-order valence-corrected chi connectivity index (χ3v) is 4.52. The van der Waals surface area contributed by atoms with Gasteiger partial charge in [-0.25, -0.2) is 13.8 Å². The van der Waals surface area contributed by atoms with Crippen LogP contribution in [0.1, 0.15) is 23.7 Å². The van der Waals surface area contributed by atoms with E-state index in [0.29, 0.717) is 33.2 Å². The molecule has 0 aliphatic heterocycles. The lowest BCUT2D eigenvalue weighted by Gasteiger charge is -2.05. The van der Waals surface area contributed by atoms with Gasteiger partial charge in [0, 0.05) is 35.6 Å². The van der Waals surface area contributed by atoms with Crippen LogP contribution in [0.2, 0.25) is 0 Å². The average Bonchev–Trinajstić information content (AvgIpc) is 2.97. The first-order valence-corrected chi connectivity index (χ1v) is 8.79. The molecule has 1 aromatic heterocycles. The van der Waals surface area contributed by atoms with Gasteiger partial charge in [0.25, 0.3) is 0 Å². The van der Waals surface area contributed by atoms with Crippen LogP contribution in [0.3, 0.4) is 0 Å². The van der Waals surface area contributed by atoms with E-state index >= 15 is 0 Å². The first-order chi connectivity index (χ1) is 12.4. The average molecular weight is 375 g/mol. The number of ketones is 1. The molecule has 0 aliphatic carbocycles. The van der Waals surface area contributed by atoms with Crippen LogP contribution < -0.4 is 5.32 Å². The number of carbonyl (C=O) groups is 2. The van der Waals surface area contributed by atoms with Crippen molar-refractivity contribution in [1.29, 1.82) is 0 Å². The molecule has 2 aromatic carbocycles. The summed E-state index contributed by atoms with van der Waals surface area (Å²) in [5.74, 6) is -1.66. The van der Waals surface area contributed by atoms with E-state index in [1.165, 1.54) is 18.7 Å². The number of aromatic amines is 1. The fourth-order valence-electron chi connectivity index (χ4n) is 2.30. The number of carbonyl (C=O) groups excluding carboxylic acids is 2. The van der Waals surface area contributed by atoms with Crippen LogP contribution in [0, 0.1) is 11.6 Å². The van der Waals surface area contributed by atoms with Gasteiger partial charge in [-0.1, -0.05) is 11.8 Å². The van der Waals surface area contributed by atoms with E-state index in [1.54, 1.807) is 24.3 Å². The maximum atomic E-state index is 13.2. The smallest absolute Gasteiger partial charge is 0.225 e. The minimum absolute atomic E-state index is 0.0372. The van der Waals surface area contributed by atoms with Crippen LogP contribution in [0.25, 0.3) is 11.0 Å². The summed E-state index contributed by atoms with van der Waals surface area (Å²) in [5, 5.41) is 3.23. The molecule has 26 heavy (non-hydrogen) atoms. The monoisotopic (exact) mass is 375 g/mol. The van der Waals surface area contributed by atoms with E-state index in [2.05, 4.69) is 15.3 Å². The quantitative estimate of drug-likeness (QED) is 0.501. The normalized spacial score (nSPS) is 10.9. The number of thioether (sulfide) groups is 1. The number of nitrogens with one attached hydrogen (secondary N) is 2. The summed E-state index contributed by atoms with van der Waals surface area (Å²) in [4.78, 5) is 30.2. The van der Waals surface area contributed by atoms with Gasteiger partial charge in [-0.05, 0) is 31.2 Å². The van der Waals surface area contributed by atoms with Gasteiger partial charge in [0.15, 0.2) is 22.6 Å². The molecule has 2 N–H and O–H groups in total. The highest BCUT2D eigenvalue weighted by atomic mass is 32.2. The van der Waals surface area contributed by atoms with Crippen molar-refractivity contribution in [2.45, 2.75) is 18.5 Å². The Hall–Kier alpha value is -2.74. The van der Waals surface area contributed by atoms with Gasteiger partial charge in [-0.3, -0.25) is 9.59 Å². The minimum Gasteiger partial charge on any atom is -0.333 e. The van der Waals surface area contributed by atoms with Crippen LogP contribution in [0.15, 0.2) is 41.6 Å². The fourth-order valence-corrected chi connectivity index (χ4v) is 3.13. The lowest BCUT2D eigenvalue weighted by atomic mass is 10.1. The van der Waals surface area contributed by atoms with Gasteiger partial charge in [-0.15, -0.1) is 0 Å². The molecule has 1 heterocycles. The summed E-state index contributed by atoms with van der Waals surface area (Å²) in [5.41, 5.74) is 1.93. The first-order valence-electron chi connectivity index (χ1n) is 7.81. The van der Waals surface area contributed by atoms with Crippen LogP contribution in [0.5, 0.6) is 0 Å². The summed E-state index contributed by atoms with van der Waals surface area (Å²) in [7, 11) is 0. The maximum Gasteiger partial charge on any atom is 0.225 e. The number of imidazole rings is 1. The standard InChI is InChI=1S/C18H15F2N3O2S/c1-10(24)11-2-4-12(5-3-11)21-17(25)6-7-26-18-22-15-8-13(19)14(20)9-16(15)23-18/h2-5,8-9H,6-7H2,1H3,(H,21,25)(H,22,23). The summed E-state index contributed by atoms with van der Waals surface area (Å²) < 4.78 is 26.4. The molecule has 1 amide bonds. The Bertz CT molecular complexity index is 931. The molecule has 0 saturated heterocycles. The highest BCUT2D eigenvalue weighted by molar-refractivity contribution is 7.99. The second-order valence-corrected chi connectivity index (χ2v) is 6.69. The number of aromatic nitrogens is 2. The van der Waals surface area contributed by atoms with Crippen LogP contribution in [0.4, 0.5) is 14.5 Å². The number of halogens is 2. The molecule has 0 fully saturated rings. The Balaban J connectivity index is 1.52. The molecule has 5 nitrogen and oxygen atoms in total. The van der Waals surface area contributed by atoms with Crippen molar-refractivity contribution < 1.29 is 18.4 Å². The number of Topliss-reactive ketones (excluding diaryl/α,β-unsaturated/α-hetero) is 1. The van der Waals surface area contributed by atoms with E-state index in [4.69, 9.17) is 0 Å². The molecule has 3 rings (SSSR count). The summed E-state index contributed by atoms with van der Waals surface area (Å²) in [6.07, 6.45) is 0.235. The Kier molecular flexibility index (Phi) is 5.32. The molecule has 0 atom stereocenters. The zero-order chi connectivity index (χ0) is 18.7. The summed E-state index contributed by atoms with van der Waals surface area (Å²) in [6.45, 7) is 1.48. The molecule has 0 bridgehead atoms. The van der Waals surface area contributed by atoms with Crippen molar-refractivity contribution >= 4 is 40.2 Å². The summed E-state index contributed by atoms with van der Waals surface area (Å²) in [6, 6.07) is 8.73. The molecular formula is C18H15F2N3O2S. The van der Waals surface area contributed by atoms with Gasteiger partial charge in [0.05, 0.1) is 11.0 Å². The SMILES string of the molecule is CC(=O)c1ccc(NC(=O)CCSc2nc3cc(F)c(F)cc3[nH]2)cc1. The molecule has 3 aromatic rings. The lowest BCUT2D eigenvalue weighted by Crippen LogP contribution is -2.12. The highest BCUT2D eigenvalue weighted by Crippen LogP contribution is 2.22. The number of H-pyrrole nitrogens is 1. The lowest BCUT2D eigenvalue weighted by molar-refractivity contribution is -0.115. The van der Waals surface area contributed by atoms with Crippen LogP contribution in [-0.4, -0.2) is 27.4 Å². The largest absolute Gasteiger partial charge is 0.333 e. The number of anilines is 1. The third-order valence-electron chi connectivity index (χ3n) is 3.65. The molecule has 0 spiro atoms. The van der Waals surface area contributed by atoms with E-state index in [-0.39, 0.29) is 18.1 Å². The number of nitrogens with zero attached hydrogens (tertiary/aromatic N) is 1. The predicted molar refractivity (Wildman–Crippen MR) is 96.4 cm³/mol. The predicted octanol–water partition coefficient (Wildman–Crippen LogP) is 4.16. The second kappa shape index (κ2) is 7.65. The number of benzene rings is 2. The van der Waals surface area contributed by atoms with E-state index < -0.39 is 11.6 Å².